The van der Waals surface area contributed by atoms with Crippen molar-refractivity contribution in [2.24, 2.45) is 0 Å². The highest BCUT2D eigenvalue weighted by molar-refractivity contribution is 6.20. The summed E-state index contributed by atoms with van der Waals surface area (Å²) in [7, 11) is 0. The SMILES string of the molecule is C1=C(c2c3ccccc3c(-c3cccc(-c4ccc5oc6ccccc6c5c4)c3)c3ccccc23)C=C(c2cccc3c2oc2ccccc23)CC1. The fourth-order valence-corrected chi connectivity index (χ4v) is 8.60. The van der Waals surface area contributed by atoms with Gasteiger partial charge in [-0.25, -0.2) is 0 Å². The van der Waals surface area contributed by atoms with Crippen molar-refractivity contribution >= 4 is 76.6 Å². The zero-order valence-electron chi connectivity index (χ0n) is 28.4. The molecule has 0 radical (unpaired) electrons. The summed E-state index contributed by atoms with van der Waals surface area (Å²) in [4.78, 5) is 0. The Hall–Kier alpha value is -6.64. The first-order chi connectivity index (χ1) is 25.8. The average molecular weight is 665 g/mol. The first-order valence-electron chi connectivity index (χ1n) is 18.1. The lowest BCUT2D eigenvalue weighted by Gasteiger charge is -2.21. The minimum atomic E-state index is 0.914. The minimum Gasteiger partial charge on any atom is -0.456 e. The van der Waals surface area contributed by atoms with Crippen molar-refractivity contribution in [2.75, 3.05) is 0 Å². The van der Waals surface area contributed by atoms with Crippen LogP contribution in [-0.4, -0.2) is 0 Å². The fourth-order valence-electron chi connectivity index (χ4n) is 8.60. The van der Waals surface area contributed by atoms with Gasteiger partial charge in [-0.1, -0.05) is 140 Å². The van der Waals surface area contributed by atoms with Crippen LogP contribution >= 0.6 is 0 Å². The first kappa shape index (κ1) is 29.1. The van der Waals surface area contributed by atoms with Crippen LogP contribution in [0, 0.1) is 0 Å². The van der Waals surface area contributed by atoms with E-state index in [1.54, 1.807) is 0 Å². The van der Waals surface area contributed by atoms with Crippen molar-refractivity contribution in [3.8, 4) is 22.3 Å². The van der Waals surface area contributed by atoms with Crippen molar-refractivity contribution in [1.29, 1.82) is 0 Å². The fraction of sp³-hybridized carbons (Fsp3) is 0.0400. The summed E-state index contributed by atoms with van der Waals surface area (Å²) in [5, 5.41) is 9.66. The zero-order chi connectivity index (χ0) is 34.2. The predicted octanol–water partition coefficient (Wildman–Crippen LogP) is 14.4. The normalized spacial score (nSPS) is 13.5. The van der Waals surface area contributed by atoms with Gasteiger partial charge in [-0.15, -0.1) is 0 Å². The highest BCUT2D eigenvalue weighted by Crippen LogP contribution is 2.45. The van der Waals surface area contributed by atoms with E-state index in [0.717, 1.165) is 45.9 Å². The molecule has 2 heteroatoms. The Balaban J connectivity index is 1.08. The molecule has 8 aromatic carbocycles. The molecular formula is C50H32O2. The molecule has 0 amide bonds. The summed E-state index contributed by atoms with van der Waals surface area (Å²) >= 11 is 0. The van der Waals surface area contributed by atoms with Gasteiger partial charge in [-0.05, 0) is 104 Å². The summed E-state index contributed by atoms with van der Waals surface area (Å²) in [5.41, 5.74) is 13.6. The number of hydrogen-bond acceptors (Lipinski definition) is 2. The standard InChI is InChI=1S/C50H32O2/c1-3-20-41-39(18-1)48(34-14-9-12-31(28-34)32-26-27-47-44(30-32)38-17-6-7-24-45(38)51-47)40-19-2-4-21-42(40)49(41)35-15-10-13-33(29-35)36-22-11-23-43-37-16-5-8-25-46(37)52-50(36)43/h1-9,11-12,14-30H,10,13H2. The molecule has 10 aromatic rings. The average Bonchev–Trinajstić information content (AvgIpc) is 3.78. The molecule has 0 spiro atoms. The summed E-state index contributed by atoms with van der Waals surface area (Å²) in [6.07, 6.45) is 6.78. The monoisotopic (exact) mass is 664 g/mol. The number of para-hydroxylation sites is 3. The Kier molecular flexibility index (Phi) is 6.41. The lowest BCUT2D eigenvalue weighted by molar-refractivity contribution is 0.667. The van der Waals surface area contributed by atoms with E-state index >= 15 is 0 Å². The van der Waals surface area contributed by atoms with Gasteiger partial charge in [0.25, 0.3) is 0 Å². The van der Waals surface area contributed by atoms with E-state index in [2.05, 4.69) is 152 Å². The lowest BCUT2D eigenvalue weighted by atomic mass is 9.82. The van der Waals surface area contributed by atoms with Crippen molar-refractivity contribution < 1.29 is 8.83 Å². The molecule has 0 saturated heterocycles. The lowest BCUT2D eigenvalue weighted by Crippen LogP contribution is -1.97. The molecule has 0 atom stereocenters. The molecule has 0 unspecified atom stereocenters. The van der Waals surface area contributed by atoms with E-state index in [1.807, 2.05) is 18.2 Å². The van der Waals surface area contributed by atoms with E-state index in [4.69, 9.17) is 8.83 Å². The van der Waals surface area contributed by atoms with Gasteiger partial charge in [-0.3, -0.25) is 0 Å². The third-order valence-corrected chi connectivity index (χ3v) is 10.9. The van der Waals surface area contributed by atoms with Crippen molar-refractivity contribution in [3.05, 3.63) is 181 Å². The van der Waals surface area contributed by atoms with Crippen LogP contribution in [0.5, 0.6) is 0 Å². The molecule has 0 saturated carbocycles. The van der Waals surface area contributed by atoms with Crippen LogP contribution in [0.15, 0.2) is 179 Å². The summed E-state index contributed by atoms with van der Waals surface area (Å²) in [5.74, 6) is 0. The van der Waals surface area contributed by atoms with Gasteiger partial charge >= 0.3 is 0 Å². The van der Waals surface area contributed by atoms with Crippen LogP contribution in [0.1, 0.15) is 24.0 Å². The summed E-state index contributed by atoms with van der Waals surface area (Å²) in [6, 6.07) is 56.6. The van der Waals surface area contributed by atoms with Crippen LogP contribution in [0.4, 0.5) is 0 Å². The summed E-state index contributed by atoms with van der Waals surface area (Å²) in [6.45, 7) is 0. The first-order valence-corrected chi connectivity index (χ1v) is 18.1. The molecule has 2 heterocycles. The van der Waals surface area contributed by atoms with Gasteiger partial charge in [-0.2, -0.15) is 0 Å². The van der Waals surface area contributed by atoms with Crippen molar-refractivity contribution in [1.82, 2.24) is 0 Å². The maximum atomic E-state index is 6.50. The smallest absolute Gasteiger partial charge is 0.142 e. The van der Waals surface area contributed by atoms with Crippen LogP contribution in [0.2, 0.25) is 0 Å². The third-order valence-electron chi connectivity index (χ3n) is 10.9. The maximum Gasteiger partial charge on any atom is 0.142 e. The molecule has 1 aliphatic carbocycles. The molecule has 0 bridgehead atoms. The number of fused-ring (bicyclic) bond motifs is 8. The van der Waals surface area contributed by atoms with Crippen LogP contribution < -0.4 is 0 Å². The maximum absolute atomic E-state index is 6.50. The Labute approximate surface area is 300 Å². The predicted molar refractivity (Wildman–Crippen MR) is 219 cm³/mol. The topological polar surface area (TPSA) is 26.3 Å². The molecule has 2 nitrogen and oxygen atoms in total. The number of hydrogen-bond donors (Lipinski definition) is 0. The van der Waals surface area contributed by atoms with Gasteiger partial charge < -0.3 is 8.83 Å². The van der Waals surface area contributed by atoms with Crippen LogP contribution in [0.25, 0.3) is 98.8 Å². The van der Waals surface area contributed by atoms with Gasteiger partial charge in [0.15, 0.2) is 0 Å². The molecule has 11 rings (SSSR count). The molecule has 244 valence electrons. The Morgan fingerprint density at radius 3 is 1.69 bits per heavy atom. The Bertz CT molecular complexity index is 3070. The van der Waals surface area contributed by atoms with Crippen LogP contribution in [0.3, 0.4) is 0 Å². The van der Waals surface area contributed by atoms with Crippen molar-refractivity contribution in [2.45, 2.75) is 12.8 Å². The Morgan fingerprint density at radius 2 is 0.942 bits per heavy atom. The molecule has 1 aliphatic rings. The van der Waals surface area contributed by atoms with Crippen molar-refractivity contribution in [3.63, 3.8) is 0 Å². The minimum absolute atomic E-state index is 0.914. The summed E-state index contributed by atoms with van der Waals surface area (Å²) < 4.78 is 12.6. The molecule has 52 heavy (non-hydrogen) atoms. The van der Waals surface area contributed by atoms with Gasteiger partial charge in [0.2, 0.25) is 0 Å². The molecule has 2 aromatic heterocycles. The quantitative estimate of drug-likeness (QED) is 0.175. The number of rotatable bonds is 4. The van der Waals surface area contributed by atoms with E-state index in [1.165, 1.54) is 76.8 Å². The second-order valence-electron chi connectivity index (χ2n) is 13.9. The largest absolute Gasteiger partial charge is 0.456 e. The third kappa shape index (κ3) is 4.44. The zero-order valence-corrected chi connectivity index (χ0v) is 28.4. The molecule has 0 N–H and O–H groups in total. The second kappa shape index (κ2) is 11.4. The Morgan fingerprint density at radius 1 is 0.385 bits per heavy atom. The van der Waals surface area contributed by atoms with E-state index in [0.29, 0.717) is 0 Å². The van der Waals surface area contributed by atoms with Gasteiger partial charge in [0.1, 0.15) is 22.3 Å². The highest BCUT2D eigenvalue weighted by atomic mass is 16.3. The van der Waals surface area contributed by atoms with E-state index in [9.17, 15) is 0 Å². The van der Waals surface area contributed by atoms with Crippen LogP contribution in [-0.2, 0) is 0 Å². The highest BCUT2D eigenvalue weighted by Gasteiger charge is 2.21. The molecule has 0 fully saturated rings. The van der Waals surface area contributed by atoms with Gasteiger partial charge in [0, 0.05) is 27.1 Å². The second-order valence-corrected chi connectivity index (χ2v) is 13.9. The molecular weight excluding hydrogens is 633 g/mol. The number of benzene rings is 8. The van der Waals surface area contributed by atoms with E-state index in [-0.39, 0.29) is 0 Å². The number of furan rings is 2. The molecule has 0 aliphatic heterocycles. The number of allylic oxidation sites excluding steroid dienone is 4. The van der Waals surface area contributed by atoms with Gasteiger partial charge in [0.05, 0.1) is 0 Å². The van der Waals surface area contributed by atoms with E-state index < -0.39 is 0 Å².